The van der Waals surface area contributed by atoms with Crippen molar-refractivity contribution in [2.75, 3.05) is 25.5 Å². The minimum absolute atomic E-state index is 0.0319. The van der Waals surface area contributed by atoms with Gasteiger partial charge in [0.05, 0.1) is 18.4 Å². The summed E-state index contributed by atoms with van der Waals surface area (Å²) in [4.78, 5) is 32.6. The van der Waals surface area contributed by atoms with Crippen LogP contribution in [0.25, 0.3) is 0 Å². The number of carbonyl (C=O) groups excluding carboxylic acids is 2. The summed E-state index contributed by atoms with van der Waals surface area (Å²) in [5, 5.41) is 2.96. The van der Waals surface area contributed by atoms with E-state index in [9.17, 15) is 9.59 Å². The Hall–Kier alpha value is -3.19. The summed E-state index contributed by atoms with van der Waals surface area (Å²) in [6, 6.07) is 18.4. The van der Waals surface area contributed by atoms with Crippen molar-refractivity contribution in [2.24, 2.45) is 0 Å². The highest BCUT2D eigenvalue weighted by Gasteiger charge is 2.28. The Morgan fingerprint density at radius 1 is 1.06 bits per heavy atom. The lowest BCUT2D eigenvalue weighted by molar-refractivity contribution is 0.0711. The van der Waals surface area contributed by atoms with Gasteiger partial charge in [0.2, 0.25) is 0 Å². The highest BCUT2D eigenvalue weighted by molar-refractivity contribution is 9.10. The zero-order valence-corrected chi connectivity index (χ0v) is 20.3. The first-order valence-corrected chi connectivity index (χ1v) is 11.7. The van der Waals surface area contributed by atoms with Gasteiger partial charge in [-0.2, -0.15) is 0 Å². The molecule has 2 aromatic carbocycles. The summed E-state index contributed by atoms with van der Waals surface area (Å²) in [5.41, 5.74) is 3.63. The van der Waals surface area contributed by atoms with Crippen LogP contribution in [-0.4, -0.2) is 41.9 Å². The van der Waals surface area contributed by atoms with E-state index in [1.165, 1.54) is 0 Å². The fourth-order valence-corrected chi connectivity index (χ4v) is 4.51. The van der Waals surface area contributed by atoms with E-state index in [1.54, 1.807) is 7.11 Å². The molecule has 7 heteroatoms. The molecule has 2 amide bonds. The van der Waals surface area contributed by atoms with Crippen molar-refractivity contribution >= 4 is 33.4 Å². The molecule has 0 spiro atoms. The first-order valence-electron chi connectivity index (χ1n) is 10.9. The monoisotopic (exact) mass is 507 g/mol. The van der Waals surface area contributed by atoms with E-state index < -0.39 is 0 Å². The molecule has 170 valence electrons. The number of aromatic nitrogens is 1. The Bertz CT molecular complexity index is 1160. The second-order valence-electron chi connectivity index (χ2n) is 8.14. The number of benzene rings is 2. The molecular formula is C26H26BrN3O3. The molecule has 1 saturated heterocycles. The zero-order chi connectivity index (χ0) is 23.4. The summed E-state index contributed by atoms with van der Waals surface area (Å²) in [6.45, 7) is 3.19. The van der Waals surface area contributed by atoms with Crippen molar-refractivity contribution in [1.82, 2.24) is 9.88 Å². The van der Waals surface area contributed by atoms with Gasteiger partial charge < -0.3 is 15.0 Å². The van der Waals surface area contributed by atoms with E-state index in [-0.39, 0.29) is 17.7 Å². The van der Waals surface area contributed by atoms with Crippen molar-refractivity contribution in [3.8, 4) is 5.75 Å². The summed E-state index contributed by atoms with van der Waals surface area (Å²) in [7, 11) is 1.61. The maximum absolute atomic E-state index is 13.1. The van der Waals surface area contributed by atoms with Crippen molar-refractivity contribution in [1.29, 1.82) is 0 Å². The first kappa shape index (κ1) is 23.0. The Balaban J connectivity index is 1.47. The van der Waals surface area contributed by atoms with E-state index in [2.05, 4.69) is 21.2 Å². The van der Waals surface area contributed by atoms with Crippen LogP contribution in [0.2, 0.25) is 0 Å². The van der Waals surface area contributed by atoms with Crippen LogP contribution in [0, 0.1) is 6.92 Å². The number of aryl methyl sites for hydroxylation is 1. The standard InChI is InChI=1S/C26H26BrN3O3/c1-17-6-11-23(25(31)29-21-7-9-22(33-2)10-8-21)24(28-17)18-12-14-30(15-13-18)26(32)19-4-3-5-20(27)16-19/h3-11,16,18H,12-15H2,1-2H3,(H,29,31). The van der Waals surface area contributed by atoms with E-state index in [4.69, 9.17) is 9.72 Å². The third kappa shape index (κ3) is 5.42. The van der Waals surface area contributed by atoms with Crippen LogP contribution in [0.4, 0.5) is 5.69 Å². The molecule has 0 unspecified atom stereocenters. The van der Waals surface area contributed by atoms with Gasteiger partial charge >= 0.3 is 0 Å². The lowest BCUT2D eigenvalue weighted by atomic mass is 9.89. The molecule has 3 aromatic rings. The number of hydrogen-bond donors (Lipinski definition) is 1. The van der Waals surface area contributed by atoms with E-state index in [1.807, 2.05) is 72.5 Å². The Morgan fingerprint density at radius 3 is 2.45 bits per heavy atom. The fourth-order valence-electron chi connectivity index (χ4n) is 4.11. The highest BCUT2D eigenvalue weighted by atomic mass is 79.9. The van der Waals surface area contributed by atoms with Gasteiger partial charge in [0, 0.05) is 40.4 Å². The number of ether oxygens (including phenoxy) is 1. The molecule has 0 aliphatic carbocycles. The molecule has 0 bridgehead atoms. The molecule has 4 rings (SSSR count). The van der Waals surface area contributed by atoms with Crippen LogP contribution in [0.3, 0.4) is 0 Å². The lowest BCUT2D eigenvalue weighted by Gasteiger charge is -2.32. The number of nitrogens with zero attached hydrogens (tertiary/aromatic N) is 2. The molecule has 6 nitrogen and oxygen atoms in total. The molecule has 0 saturated carbocycles. The number of anilines is 1. The average molecular weight is 508 g/mol. The first-order chi connectivity index (χ1) is 15.9. The number of hydrogen-bond acceptors (Lipinski definition) is 4. The smallest absolute Gasteiger partial charge is 0.257 e. The molecule has 1 aliphatic rings. The maximum atomic E-state index is 13.1. The molecule has 1 fully saturated rings. The number of pyridine rings is 1. The van der Waals surface area contributed by atoms with Gasteiger partial charge in [-0.25, -0.2) is 0 Å². The summed E-state index contributed by atoms with van der Waals surface area (Å²) in [5.74, 6) is 0.697. The van der Waals surface area contributed by atoms with Crippen LogP contribution < -0.4 is 10.1 Å². The van der Waals surface area contributed by atoms with Gasteiger partial charge in [0.15, 0.2) is 0 Å². The van der Waals surface area contributed by atoms with Crippen LogP contribution in [0.15, 0.2) is 65.1 Å². The third-order valence-corrected chi connectivity index (χ3v) is 6.39. The third-order valence-electron chi connectivity index (χ3n) is 5.90. The van der Waals surface area contributed by atoms with Gasteiger partial charge in [-0.3, -0.25) is 14.6 Å². The van der Waals surface area contributed by atoms with E-state index in [0.717, 1.165) is 34.5 Å². The van der Waals surface area contributed by atoms with Gasteiger partial charge in [0.25, 0.3) is 11.8 Å². The Labute approximate surface area is 202 Å². The molecule has 2 heterocycles. The Kier molecular flexibility index (Phi) is 7.08. The number of halogens is 1. The van der Waals surface area contributed by atoms with Crippen LogP contribution in [0.1, 0.15) is 50.9 Å². The molecular weight excluding hydrogens is 482 g/mol. The number of nitrogens with one attached hydrogen (secondary N) is 1. The van der Waals surface area contributed by atoms with Crippen molar-refractivity contribution < 1.29 is 14.3 Å². The lowest BCUT2D eigenvalue weighted by Crippen LogP contribution is -2.38. The predicted molar refractivity (Wildman–Crippen MR) is 132 cm³/mol. The second-order valence-corrected chi connectivity index (χ2v) is 9.06. The van der Waals surface area contributed by atoms with Gasteiger partial charge in [0.1, 0.15) is 5.75 Å². The molecule has 1 aliphatic heterocycles. The number of rotatable bonds is 5. The molecule has 1 N–H and O–H groups in total. The summed E-state index contributed by atoms with van der Waals surface area (Å²) in [6.07, 6.45) is 1.53. The van der Waals surface area contributed by atoms with Gasteiger partial charge in [-0.1, -0.05) is 22.0 Å². The quantitative estimate of drug-likeness (QED) is 0.499. The Morgan fingerprint density at radius 2 is 1.79 bits per heavy atom. The topological polar surface area (TPSA) is 71.5 Å². The number of carbonyl (C=O) groups is 2. The van der Waals surface area contributed by atoms with Crippen molar-refractivity contribution in [3.63, 3.8) is 0 Å². The highest BCUT2D eigenvalue weighted by Crippen LogP contribution is 2.31. The number of amides is 2. The van der Waals surface area contributed by atoms with Crippen LogP contribution in [0.5, 0.6) is 5.75 Å². The molecule has 0 atom stereocenters. The normalized spacial score (nSPS) is 14.1. The van der Waals surface area contributed by atoms with Gasteiger partial charge in [-0.05, 0) is 74.4 Å². The predicted octanol–water partition coefficient (Wildman–Crippen LogP) is 5.43. The molecule has 33 heavy (non-hydrogen) atoms. The minimum Gasteiger partial charge on any atom is -0.497 e. The zero-order valence-electron chi connectivity index (χ0n) is 18.7. The fraction of sp³-hybridized carbons (Fsp3) is 0.269. The maximum Gasteiger partial charge on any atom is 0.257 e. The number of methoxy groups -OCH3 is 1. The summed E-state index contributed by atoms with van der Waals surface area (Å²) < 4.78 is 6.07. The van der Waals surface area contributed by atoms with E-state index in [0.29, 0.717) is 29.9 Å². The van der Waals surface area contributed by atoms with Gasteiger partial charge in [-0.15, -0.1) is 0 Å². The second kappa shape index (κ2) is 10.2. The SMILES string of the molecule is COc1ccc(NC(=O)c2ccc(C)nc2C2CCN(C(=O)c3cccc(Br)c3)CC2)cc1. The van der Waals surface area contributed by atoms with Crippen molar-refractivity contribution in [2.45, 2.75) is 25.7 Å². The number of piperidine rings is 1. The number of likely N-dealkylation sites (tertiary alicyclic amines) is 1. The van der Waals surface area contributed by atoms with Crippen LogP contribution in [-0.2, 0) is 0 Å². The van der Waals surface area contributed by atoms with Crippen LogP contribution >= 0.6 is 15.9 Å². The van der Waals surface area contributed by atoms with E-state index >= 15 is 0 Å². The van der Waals surface area contributed by atoms with Crippen molar-refractivity contribution in [3.05, 3.63) is 87.7 Å². The molecule has 0 radical (unpaired) electrons. The molecule has 1 aromatic heterocycles. The summed E-state index contributed by atoms with van der Waals surface area (Å²) >= 11 is 3.43. The average Bonchev–Trinajstić information content (AvgIpc) is 2.84. The minimum atomic E-state index is -0.185. The largest absolute Gasteiger partial charge is 0.497 e.